The van der Waals surface area contributed by atoms with Gasteiger partial charge in [-0.3, -0.25) is 0 Å². The second-order valence-corrected chi connectivity index (χ2v) is 5.05. The molecule has 0 saturated carbocycles. The van der Waals surface area contributed by atoms with E-state index in [0.29, 0.717) is 6.04 Å². The van der Waals surface area contributed by atoms with Gasteiger partial charge in [-0.25, -0.2) is 4.98 Å². The van der Waals surface area contributed by atoms with E-state index in [1.165, 1.54) is 0 Å². The number of imidazole rings is 1. The van der Waals surface area contributed by atoms with Crippen LogP contribution in [-0.2, 0) is 11.3 Å². The molecule has 2 rings (SSSR count). The maximum absolute atomic E-state index is 5.69. The van der Waals surface area contributed by atoms with Crippen LogP contribution in [0.25, 0.3) is 0 Å². The monoisotopic (exact) mass is 223 g/mol. The van der Waals surface area contributed by atoms with E-state index >= 15 is 0 Å². The smallest absolute Gasteiger partial charge is 0.0946 e. The first kappa shape index (κ1) is 11.6. The zero-order valence-corrected chi connectivity index (χ0v) is 10.1. The van der Waals surface area contributed by atoms with E-state index in [4.69, 9.17) is 4.74 Å². The van der Waals surface area contributed by atoms with Gasteiger partial charge in [0.25, 0.3) is 0 Å². The molecule has 4 heteroatoms. The molecule has 0 spiro atoms. The molecule has 90 valence electrons. The Morgan fingerprint density at radius 3 is 3.12 bits per heavy atom. The highest BCUT2D eigenvalue weighted by Gasteiger charge is 2.28. The fraction of sp³-hybridized carbons (Fsp3) is 0.750. The Bertz CT molecular complexity index is 308. The molecule has 0 bridgehead atoms. The minimum absolute atomic E-state index is 0.0327. The zero-order valence-electron chi connectivity index (χ0n) is 10.1. The van der Waals surface area contributed by atoms with Gasteiger partial charge in [-0.1, -0.05) is 0 Å². The van der Waals surface area contributed by atoms with Crippen molar-refractivity contribution < 1.29 is 4.74 Å². The van der Waals surface area contributed by atoms with Crippen LogP contribution < -0.4 is 5.32 Å². The minimum Gasteiger partial charge on any atom is -0.375 e. The Balaban J connectivity index is 1.70. The summed E-state index contributed by atoms with van der Waals surface area (Å²) in [6, 6.07) is 0.590. The highest BCUT2D eigenvalue weighted by atomic mass is 16.5. The lowest BCUT2D eigenvalue weighted by molar-refractivity contribution is -0.0628. The van der Waals surface area contributed by atoms with Gasteiger partial charge >= 0.3 is 0 Å². The molecule has 4 nitrogen and oxygen atoms in total. The summed E-state index contributed by atoms with van der Waals surface area (Å²) in [6.45, 7) is 7.18. The lowest BCUT2D eigenvalue weighted by Crippen LogP contribution is -2.44. The molecule has 0 radical (unpaired) electrons. The van der Waals surface area contributed by atoms with Crippen molar-refractivity contribution >= 4 is 0 Å². The second-order valence-electron chi connectivity index (χ2n) is 5.05. The fourth-order valence-corrected chi connectivity index (χ4v) is 2.22. The Kier molecular flexibility index (Phi) is 3.61. The first-order valence-electron chi connectivity index (χ1n) is 5.99. The lowest BCUT2D eigenvalue weighted by atomic mass is 9.94. The average molecular weight is 223 g/mol. The molecule has 1 aliphatic rings. The van der Waals surface area contributed by atoms with Crippen molar-refractivity contribution in [3.8, 4) is 0 Å². The molecule has 1 aromatic rings. The van der Waals surface area contributed by atoms with Crippen molar-refractivity contribution in [3.63, 3.8) is 0 Å². The van der Waals surface area contributed by atoms with Gasteiger partial charge in [-0.05, 0) is 26.7 Å². The van der Waals surface area contributed by atoms with Gasteiger partial charge in [0.15, 0.2) is 0 Å². The molecule has 1 atom stereocenters. The molecule has 1 saturated heterocycles. The summed E-state index contributed by atoms with van der Waals surface area (Å²) in [6.07, 6.45) is 7.88. The van der Waals surface area contributed by atoms with Crippen LogP contribution in [0.1, 0.15) is 26.7 Å². The molecular weight excluding hydrogens is 202 g/mol. The first-order valence-corrected chi connectivity index (χ1v) is 5.99. The lowest BCUT2D eigenvalue weighted by Gasteiger charge is -2.36. The van der Waals surface area contributed by atoms with Crippen molar-refractivity contribution in [2.75, 3.05) is 13.2 Å². The molecule has 0 amide bonds. The van der Waals surface area contributed by atoms with Crippen LogP contribution in [0.5, 0.6) is 0 Å². The highest BCUT2D eigenvalue weighted by molar-refractivity contribution is 4.83. The number of hydrogen-bond acceptors (Lipinski definition) is 3. The third-order valence-electron chi connectivity index (χ3n) is 3.06. The van der Waals surface area contributed by atoms with Crippen LogP contribution in [0.2, 0.25) is 0 Å². The van der Waals surface area contributed by atoms with Crippen molar-refractivity contribution in [3.05, 3.63) is 18.7 Å². The molecule has 1 N–H and O–H groups in total. The van der Waals surface area contributed by atoms with Gasteiger partial charge in [-0.15, -0.1) is 0 Å². The van der Waals surface area contributed by atoms with E-state index < -0.39 is 0 Å². The van der Waals surface area contributed by atoms with Crippen LogP contribution in [0.3, 0.4) is 0 Å². The van der Waals surface area contributed by atoms with Gasteiger partial charge < -0.3 is 14.6 Å². The topological polar surface area (TPSA) is 39.1 Å². The second kappa shape index (κ2) is 4.97. The van der Waals surface area contributed by atoms with Gasteiger partial charge in [0, 0.05) is 38.1 Å². The van der Waals surface area contributed by atoms with Gasteiger partial charge in [0.1, 0.15) is 0 Å². The molecule has 0 aliphatic carbocycles. The Morgan fingerprint density at radius 2 is 2.44 bits per heavy atom. The number of nitrogens with zero attached hydrogens (tertiary/aromatic N) is 2. The van der Waals surface area contributed by atoms with Crippen molar-refractivity contribution in [2.45, 2.75) is 44.9 Å². The Labute approximate surface area is 97.0 Å². The molecule has 2 heterocycles. The van der Waals surface area contributed by atoms with Crippen molar-refractivity contribution in [1.82, 2.24) is 14.9 Å². The summed E-state index contributed by atoms with van der Waals surface area (Å²) in [7, 11) is 0. The zero-order chi connectivity index (χ0) is 11.4. The van der Waals surface area contributed by atoms with Crippen LogP contribution in [0.15, 0.2) is 18.7 Å². The van der Waals surface area contributed by atoms with Crippen molar-refractivity contribution in [1.29, 1.82) is 0 Å². The van der Waals surface area contributed by atoms with Gasteiger partial charge in [0.05, 0.1) is 11.9 Å². The number of hydrogen-bond donors (Lipinski definition) is 1. The van der Waals surface area contributed by atoms with E-state index in [2.05, 4.69) is 28.7 Å². The van der Waals surface area contributed by atoms with Crippen LogP contribution in [-0.4, -0.2) is 34.3 Å². The molecule has 16 heavy (non-hydrogen) atoms. The third-order valence-corrected chi connectivity index (χ3v) is 3.06. The van der Waals surface area contributed by atoms with Crippen LogP contribution >= 0.6 is 0 Å². The van der Waals surface area contributed by atoms with E-state index in [1.54, 1.807) is 0 Å². The molecule has 1 fully saturated rings. The van der Waals surface area contributed by atoms with E-state index in [0.717, 1.165) is 32.5 Å². The Morgan fingerprint density at radius 1 is 1.56 bits per heavy atom. The van der Waals surface area contributed by atoms with Crippen molar-refractivity contribution in [2.24, 2.45) is 0 Å². The fourth-order valence-electron chi connectivity index (χ4n) is 2.22. The predicted molar refractivity (Wildman–Crippen MR) is 63.3 cm³/mol. The summed E-state index contributed by atoms with van der Waals surface area (Å²) >= 11 is 0. The molecule has 0 aromatic carbocycles. The SMILES string of the molecule is CC1(C)CC(NCCn2ccnc2)CCO1. The normalized spacial score (nSPS) is 24.5. The van der Waals surface area contributed by atoms with Gasteiger partial charge in [0.2, 0.25) is 0 Å². The van der Waals surface area contributed by atoms with E-state index in [9.17, 15) is 0 Å². The molecule has 1 unspecified atom stereocenters. The van der Waals surface area contributed by atoms with Crippen LogP contribution in [0.4, 0.5) is 0 Å². The summed E-state index contributed by atoms with van der Waals surface area (Å²) in [5.41, 5.74) is 0.0327. The maximum Gasteiger partial charge on any atom is 0.0946 e. The number of aromatic nitrogens is 2. The number of ether oxygens (including phenoxy) is 1. The van der Waals surface area contributed by atoms with Gasteiger partial charge in [-0.2, -0.15) is 0 Å². The highest BCUT2D eigenvalue weighted by Crippen LogP contribution is 2.23. The third kappa shape index (κ3) is 3.32. The molecular formula is C12H21N3O. The quantitative estimate of drug-likeness (QED) is 0.839. The summed E-state index contributed by atoms with van der Waals surface area (Å²) in [4.78, 5) is 4.03. The van der Waals surface area contributed by atoms with E-state index in [-0.39, 0.29) is 5.60 Å². The maximum atomic E-state index is 5.69. The van der Waals surface area contributed by atoms with Crippen LogP contribution in [0, 0.1) is 0 Å². The first-order chi connectivity index (χ1) is 7.66. The van der Waals surface area contributed by atoms with E-state index in [1.807, 2.05) is 18.7 Å². The molecule has 1 aromatic heterocycles. The number of rotatable bonds is 4. The summed E-state index contributed by atoms with van der Waals surface area (Å²) < 4.78 is 7.79. The largest absolute Gasteiger partial charge is 0.375 e. The number of nitrogens with one attached hydrogen (secondary N) is 1. The predicted octanol–water partition coefficient (Wildman–Crippen LogP) is 1.43. The Hall–Kier alpha value is -0.870. The summed E-state index contributed by atoms with van der Waals surface area (Å²) in [5.74, 6) is 0. The molecule has 1 aliphatic heterocycles. The summed E-state index contributed by atoms with van der Waals surface area (Å²) in [5, 5.41) is 3.59. The standard InChI is InChI=1S/C12H21N3O/c1-12(2)9-11(3-8-16-12)14-5-7-15-6-4-13-10-15/h4,6,10-11,14H,3,5,7-9H2,1-2H3. The average Bonchev–Trinajstić information content (AvgIpc) is 2.69. The minimum atomic E-state index is 0.0327.